The average molecular weight is 403 g/mol. The summed E-state index contributed by atoms with van der Waals surface area (Å²) in [6.45, 7) is 0.0796. The first-order valence-electron chi connectivity index (χ1n) is 7.71. The maximum Gasteiger partial charge on any atom is 0.244 e. The zero-order chi connectivity index (χ0) is 18.1. The van der Waals surface area contributed by atoms with Gasteiger partial charge in [0.2, 0.25) is 5.91 Å². The van der Waals surface area contributed by atoms with Crippen LogP contribution in [0.3, 0.4) is 0 Å². The van der Waals surface area contributed by atoms with Crippen molar-refractivity contribution in [3.05, 3.63) is 63.4 Å². The molecular weight excluding hydrogens is 391 g/mol. The van der Waals surface area contributed by atoms with Crippen molar-refractivity contribution in [2.75, 3.05) is 5.32 Å². The van der Waals surface area contributed by atoms with E-state index in [9.17, 15) is 4.79 Å². The number of imidazole rings is 1. The van der Waals surface area contributed by atoms with Crippen molar-refractivity contribution >= 4 is 57.2 Å². The molecule has 0 saturated heterocycles. The van der Waals surface area contributed by atoms with Gasteiger partial charge in [-0.05, 0) is 24.3 Å². The lowest BCUT2D eigenvalue weighted by Gasteiger charge is -2.11. The van der Waals surface area contributed by atoms with Crippen molar-refractivity contribution < 1.29 is 4.79 Å². The Hall–Kier alpha value is -2.41. The van der Waals surface area contributed by atoms with E-state index in [1.54, 1.807) is 23.7 Å². The van der Waals surface area contributed by atoms with Gasteiger partial charge in [0.1, 0.15) is 12.2 Å². The van der Waals surface area contributed by atoms with Crippen LogP contribution in [0.1, 0.15) is 0 Å². The number of hydrogen-bond acceptors (Lipinski definition) is 4. The highest BCUT2D eigenvalue weighted by atomic mass is 35.5. The maximum atomic E-state index is 12.6. The molecule has 0 radical (unpaired) electrons. The number of para-hydroxylation sites is 2. The van der Waals surface area contributed by atoms with E-state index in [0.717, 1.165) is 16.7 Å². The van der Waals surface area contributed by atoms with Gasteiger partial charge in [-0.1, -0.05) is 41.4 Å². The number of anilines is 1. The molecule has 1 amide bonds. The molecule has 26 heavy (non-hydrogen) atoms. The fourth-order valence-electron chi connectivity index (χ4n) is 2.69. The summed E-state index contributed by atoms with van der Waals surface area (Å²) >= 11 is 13.6. The summed E-state index contributed by atoms with van der Waals surface area (Å²) in [6.07, 6.45) is 0. The number of carbonyl (C=O) groups is 1. The summed E-state index contributed by atoms with van der Waals surface area (Å²) in [7, 11) is 0. The minimum Gasteiger partial charge on any atom is -0.323 e. The first-order valence-corrected chi connectivity index (χ1v) is 9.41. The van der Waals surface area contributed by atoms with E-state index in [1.165, 1.54) is 11.3 Å². The highest BCUT2D eigenvalue weighted by Crippen LogP contribution is 2.30. The van der Waals surface area contributed by atoms with Gasteiger partial charge in [0.25, 0.3) is 0 Å². The lowest BCUT2D eigenvalue weighted by molar-refractivity contribution is -0.116. The highest BCUT2D eigenvalue weighted by molar-refractivity contribution is 7.07. The molecule has 0 saturated carbocycles. The smallest absolute Gasteiger partial charge is 0.244 e. The second-order valence-corrected chi connectivity index (χ2v) is 7.04. The largest absolute Gasteiger partial charge is 0.323 e. The van der Waals surface area contributed by atoms with Gasteiger partial charge in [-0.2, -0.15) is 0 Å². The average Bonchev–Trinajstić information content (AvgIpc) is 3.27. The van der Waals surface area contributed by atoms with Crippen LogP contribution in [0.15, 0.2) is 53.4 Å². The third kappa shape index (κ3) is 3.19. The highest BCUT2D eigenvalue weighted by Gasteiger charge is 2.17. The summed E-state index contributed by atoms with van der Waals surface area (Å²) < 4.78 is 1.85. The van der Waals surface area contributed by atoms with Crippen LogP contribution < -0.4 is 5.32 Å². The molecule has 130 valence electrons. The lowest BCUT2D eigenvalue weighted by atomic mass is 10.3. The van der Waals surface area contributed by atoms with Gasteiger partial charge in [0.05, 0.1) is 32.3 Å². The third-order valence-electron chi connectivity index (χ3n) is 3.84. The first kappa shape index (κ1) is 17.0. The van der Waals surface area contributed by atoms with E-state index in [0.29, 0.717) is 21.6 Å². The van der Waals surface area contributed by atoms with Crippen molar-refractivity contribution in [2.24, 2.45) is 0 Å². The zero-order valence-electron chi connectivity index (χ0n) is 13.3. The Morgan fingerprint density at radius 1 is 1.15 bits per heavy atom. The minimum atomic E-state index is -0.228. The van der Waals surface area contributed by atoms with Crippen LogP contribution in [-0.4, -0.2) is 20.4 Å². The molecule has 2 heterocycles. The van der Waals surface area contributed by atoms with Crippen molar-refractivity contribution in [1.29, 1.82) is 0 Å². The maximum absolute atomic E-state index is 12.6. The molecule has 0 atom stereocenters. The molecule has 4 rings (SSSR count). The number of aromatic nitrogens is 3. The molecular formula is C18H12Cl2N4OS. The van der Waals surface area contributed by atoms with Crippen LogP contribution in [0.2, 0.25) is 10.0 Å². The Balaban J connectivity index is 1.69. The van der Waals surface area contributed by atoms with E-state index in [4.69, 9.17) is 23.2 Å². The van der Waals surface area contributed by atoms with Gasteiger partial charge in [0.15, 0.2) is 5.82 Å². The molecule has 0 aliphatic carbocycles. The fraction of sp³-hybridized carbons (Fsp3) is 0.0556. The number of fused-ring (bicyclic) bond motifs is 1. The van der Waals surface area contributed by atoms with E-state index < -0.39 is 0 Å². The second kappa shape index (κ2) is 7.07. The van der Waals surface area contributed by atoms with Gasteiger partial charge in [-0.15, -0.1) is 11.3 Å². The van der Waals surface area contributed by atoms with Crippen LogP contribution in [0.25, 0.3) is 22.6 Å². The minimum absolute atomic E-state index is 0.0796. The molecule has 0 aliphatic heterocycles. The van der Waals surface area contributed by atoms with Gasteiger partial charge < -0.3 is 9.88 Å². The predicted octanol–water partition coefficient (Wildman–Crippen LogP) is 5.11. The summed E-state index contributed by atoms with van der Waals surface area (Å²) in [4.78, 5) is 21.6. The van der Waals surface area contributed by atoms with Gasteiger partial charge in [-0.25, -0.2) is 9.97 Å². The molecule has 2 aromatic heterocycles. The van der Waals surface area contributed by atoms with Gasteiger partial charge >= 0.3 is 0 Å². The van der Waals surface area contributed by atoms with Crippen LogP contribution in [0, 0.1) is 0 Å². The van der Waals surface area contributed by atoms with Gasteiger partial charge in [-0.3, -0.25) is 4.79 Å². The summed E-state index contributed by atoms with van der Waals surface area (Å²) in [5.41, 5.74) is 4.63. The molecule has 1 N–H and O–H groups in total. The summed E-state index contributed by atoms with van der Waals surface area (Å²) in [5.74, 6) is 0.425. The first-order chi connectivity index (χ1) is 12.6. The number of nitrogens with zero attached hydrogens (tertiary/aromatic N) is 3. The normalized spacial score (nSPS) is 11.0. The van der Waals surface area contributed by atoms with E-state index in [2.05, 4.69) is 15.3 Å². The van der Waals surface area contributed by atoms with Gasteiger partial charge in [0, 0.05) is 5.38 Å². The Kier molecular flexibility index (Phi) is 4.63. The molecule has 4 aromatic rings. The number of rotatable bonds is 4. The van der Waals surface area contributed by atoms with Crippen molar-refractivity contribution in [3.63, 3.8) is 0 Å². The van der Waals surface area contributed by atoms with Crippen molar-refractivity contribution in [1.82, 2.24) is 14.5 Å². The topological polar surface area (TPSA) is 59.8 Å². The monoisotopic (exact) mass is 402 g/mol. The summed E-state index contributed by atoms with van der Waals surface area (Å²) in [5, 5.41) is 5.42. The molecule has 0 fully saturated rings. The second-order valence-electron chi connectivity index (χ2n) is 5.53. The number of amides is 1. The lowest BCUT2D eigenvalue weighted by Crippen LogP contribution is -2.19. The quantitative estimate of drug-likeness (QED) is 0.516. The number of carbonyl (C=O) groups excluding carboxylic acids is 1. The Morgan fingerprint density at radius 3 is 2.81 bits per heavy atom. The summed E-state index contributed by atoms with van der Waals surface area (Å²) in [6, 6.07) is 12.8. The van der Waals surface area contributed by atoms with E-state index in [-0.39, 0.29) is 12.5 Å². The number of thiazole rings is 1. The molecule has 0 unspecified atom stereocenters. The Labute approximate surface area is 163 Å². The fourth-order valence-corrected chi connectivity index (χ4v) is 3.57. The standard InChI is InChI=1S/C18H12Cl2N4OS/c19-11-4-3-6-13(17(11)20)22-16(25)8-24-15-7-2-1-5-12(15)23-18(24)14-9-26-10-21-14/h1-7,9-10H,8H2,(H,22,25). The van der Waals surface area contributed by atoms with E-state index >= 15 is 0 Å². The van der Waals surface area contributed by atoms with Crippen molar-refractivity contribution in [2.45, 2.75) is 6.54 Å². The molecule has 0 spiro atoms. The number of hydrogen-bond donors (Lipinski definition) is 1. The predicted molar refractivity (Wildman–Crippen MR) is 106 cm³/mol. The molecule has 0 bridgehead atoms. The van der Waals surface area contributed by atoms with Crippen LogP contribution in [0.4, 0.5) is 5.69 Å². The van der Waals surface area contributed by atoms with Crippen LogP contribution >= 0.6 is 34.5 Å². The molecule has 0 aliphatic rings. The molecule has 2 aromatic carbocycles. The number of halogens is 2. The third-order valence-corrected chi connectivity index (χ3v) is 5.25. The van der Waals surface area contributed by atoms with Crippen LogP contribution in [0.5, 0.6) is 0 Å². The molecule has 5 nitrogen and oxygen atoms in total. The number of benzene rings is 2. The van der Waals surface area contributed by atoms with E-state index in [1.807, 2.05) is 34.2 Å². The zero-order valence-corrected chi connectivity index (χ0v) is 15.6. The SMILES string of the molecule is O=C(Cn1c(-c2cscn2)nc2ccccc21)Nc1cccc(Cl)c1Cl. The molecule has 8 heteroatoms. The Bertz CT molecular complexity index is 1090. The number of nitrogens with one attached hydrogen (secondary N) is 1. The van der Waals surface area contributed by atoms with Crippen molar-refractivity contribution in [3.8, 4) is 11.5 Å². The Morgan fingerprint density at radius 2 is 2.00 bits per heavy atom. The van der Waals surface area contributed by atoms with Crippen LogP contribution in [-0.2, 0) is 11.3 Å².